The number of ether oxygens (including phenoxy) is 3. The third-order valence-electron chi connectivity index (χ3n) is 3.93. The number of carbonyl (C=O) groups is 1. The Morgan fingerprint density at radius 2 is 1.80 bits per heavy atom. The highest BCUT2D eigenvalue weighted by atomic mass is 16.7. The quantitative estimate of drug-likeness (QED) is 0.681. The van der Waals surface area contributed by atoms with Gasteiger partial charge in [0.2, 0.25) is 6.79 Å². The molecule has 4 rings (SSSR count). The summed E-state index contributed by atoms with van der Waals surface area (Å²) in [7, 11) is 0. The molecule has 1 atom stereocenters. The van der Waals surface area contributed by atoms with E-state index in [2.05, 4.69) is 4.98 Å². The number of pyridine rings is 1. The molecule has 5 nitrogen and oxygen atoms in total. The van der Waals surface area contributed by atoms with Crippen molar-refractivity contribution >= 4 is 5.97 Å². The van der Waals surface area contributed by atoms with Gasteiger partial charge in [-0.05, 0) is 23.8 Å². The number of benzene rings is 2. The van der Waals surface area contributed by atoms with Crippen molar-refractivity contribution in [2.75, 3.05) is 6.79 Å². The molecule has 0 N–H and O–H groups in total. The van der Waals surface area contributed by atoms with Crippen molar-refractivity contribution in [2.24, 2.45) is 0 Å². The molecule has 0 saturated carbocycles. The zero-order chi connectivity index (χ0) is 17.1. The number of nitrogens with zero attached hydrogens (tertiary/aromatic N) is 1. The van der Waals surface area contributed by atoms with Gasteiger partial charge in [0.1, 0.15) is 5.56 Å². The molecule has 1 aromatic heterocycles. The molecule has 2 aromatic carbocycles. The van der Waals surface area contributed by atoms with Gasteiger partial charge in [-0.1, -0.05) is 42.5 Å². The van der Waals surface area contributed by atoms with Gasteiger partial charge in [-0.2, -0.15) is 0 Å². The number of para-hydroxylation sites is 1. The standard InChI is InChI=1S/C20H15NO4/c22-20(16-9-4-10-17-19(16)24-13-23-17)25-18(14-6-2-1-3-7-14)15-8-5-11-21-12-15/h1-12,18H,13H2. The number of hydrogen-bond acceptors (Lipinski definition) is 5. The first kappa shape index (κ1) is 15.2. The number of esters is 1. The van der Waals surface area contributed by atoms with Crippen molar-refractivity contribution in [1.29, 1.82) is 0 Å². The summed E-state index contributed by atoms with van der Waals surface area (Å²) in [6.07, 6.45) is 2.82. The summed E-state index contributed by atoms with van der Waals surface area (Å²) in [5.74, 6) is 0.498. The minimum Gasteiger partial charge on any atom is -0.454 e. The fourth-order valence-corrected chi connectivity index (χ4v) is 2.75. The van der Waals surface area contributed by atoms with Gasteiger partial charge in [-0.3, -0.25) is 4.98 Å². The van der Waals surface area contributed by atoms with Gasteiger partial charge in [0.05, 0.1) is 0 Å². The van der Waals surface area contributed by atoms with Gasteiger partial charge in [-0.25, -0.2) is 4.79 Å². The maximum absolute atomic E-state index is 12.8. The molecule has 1 unspecified atom stereocenters. The summed E-state index contributed by atoms with van der Waals surface area (Å²) in [6, 6.07) is 18.4. The molecule has 0 spiro atoms. The van der Waals surface area contributed by atoms with Crippen LogP contribution in [-0.2, 0) is 4.74 Å². The zero-order valence-corrected chi connectivity index (χ0v) is 13.3. The molecule has 0 amide bonds. The van der Waals surface area contributed by atoms with Crippen LogP contribution in [0.4, 0.5) is 0 Å². The number of fused-ring (bicyclic) bond motifs is 1. The second-order valence-electron chi connectivity index (χ2n) is 5.52. The van der Waals surface area contributed by atoms with Crippen LogP contribution >= 0.6 is 0 Å². The number of hydrogen-bond donors (Lipinski definition) is 0. The van der Waals surface area contributed by atoms with E-state index in [4.69, 9.17) is 14.2 Å². The van der Waals surface area contributed by atoms with Gasteiger partial charge in [0, 0.05) is 18.0 Å². The van der Waals surface area contributed by atoms with E-state index in [1.165, 1.54) is 0 Å². The average Bonchev–Trinajstić information content (AvgIpc) is 3.16. The normalized spacial score (nSPS) is 13.3. The van der Waals surface area contributed by atoms with E-state index < -0.39 is 12.1 Å². The highest BCUT2D eigenvalue weighted by Gasteiger charge is 2.26. The fraction of sp³-hybridized carbons (Fsp3) is 0.100. The zero-order valence-electron chi connectivity index (χ0n) is 13.3. The molecule has 0 bridgehead atoms. The fourth-order valence-electron chi connectivity index (χ4n) is 2.75. The average molecular weight is 333 g/mol. The SMILES string of the molecule is O=C(OC(c1ccccc1)c1cccnc1)c1cccc2c1OCO2. The number of rotatable bonds is 4. The largest absolute Gasteiger partial charge is 0.454 e. The highest BCUT2D eigenvalue weighted by Crippen LogP contribution is 2.37. The second kappa shape index (κ2) is 6.65. The summed E-state index contributed by atoms with van der Waals surface area (Å²) in [4.78, 5) is 16.9. The molecule has 1 aliphatic rings. The van der Waals surface area contributed by atoms with Crippen LogP contribution in [0.15, 0.2) is 73.1 Å². The van der Waals surface area contributed by atoms with Crippen LogP contribution in [0.1, 0.15) is 27.6 Å². The van der Waals surface area contributed by atoms with Crippen LogP contribution in [0.5, 0.6) is 11.5 Å². The third kappa shape index (κ3) is 3.04. The van der Waals surface area contributed by atoms with Gasteiger partial charge in [0.25, 0.3) is 0 Å². The van der Waals surface area contributed by atoms with Crippen LogP contribution in [0.25, 0.3) is 0 Å². The van der Waals surface area contributed by atoms with Crippen molar-refractivity contribution in [3.05, 3.63) is 89.7 Å². The first-order valence-electron chi connectivity index (χ1n) is 7.87. The van der Waals surface area contributed by atoms with E-state index in [1.807, 2.05) is 42.5 Å². The van der Waals surface area contributed by atoms with Crippen LogP contribution in [0, 0.1) is 0 Å². The van der Waals surface area contributed by atoms with Gasteiger partial charge in [-0.15, -0.1) is 0 Å². The van der Waals surface area contributed by atoms with Crippen LogP contribution in [0.3, 0.4) is 0 Å². The lowest BCUT2D eigenvalue weighted by Crippen LogP contribution is -2.13. The molecule has 0 saturated heterocycles. The van der Waals surface area contributed by atoms with Crippen LogP contribution < -0.4 is 9.47 Å². The molecule has 25 heavy (non-hydrogen) atoms. The molecular formula is C20H15NO4. The molecule has 3 aromatic rings. The Morgan fingerprint density at radius 1 is 0.960 bits per heavy atom. The Bertz CT molecular complexity index is 841. The second-order valence-corrected chi connectivity index (χ2v) is 5.52. The third-order valence-corrected chi connectivity index (χ3v) is 3.93. The lowest BCUT2D eigenvalue weighted by molar-refractivity contribution is 0.0373. The molecular weight excluding hydrogens is 318 g/mol. The lowest BCUT2D eigenvalue weighted by atomic mass is 10.0. The van der Waals surface area contributed by atoms with Crippen molar-refractivity contribution in [2.45, 2.75) is 6.10 Å². The molecule has 1 aliphatic heterocycles. The van der Waals surface area contributed by atoms with Gasteiger partial charge in [0.15, 0.2) is 17.6 Å². The van der Waals surface area contributed by atoms with Gasteiger partial charge >= 0.3 is 5.97 Å². The van der Waals surface area contributed by atoms with E-state index in [9.17, 15) is 4.79 Å². The summed E-state index contributed by atoms with van der Waals surface area (Å²) >= 11 is 0. The summed E-state index contributed by atoms with van der Waals surface area (Å²) in [6.45, 7) is 0.102. The van der Waals surface area contributed by atoms with E-state index in [1.54, 1.807) is 30.6 Å². The molecule has 2 heterocycles. The Kier molecular flexibility index (Phi) is 4.04. The Labute approximate surface area is 144 Å². The molecule has 0 fully saturated rings. The first-order chi connectivity index (χ1) is 12.3. The molecule has 124 valence electrons. The van der Waals surface area contributed by atoms with Crippen LogP contribution in [-0.4, -0.2) is 17.7 Å². The first-order valence-corrected chi connectivity index (χ1v) is 7.87. The van der Waals surface area contributed by atoms with E-state index in [-0.39, 0.29) is 6.79 Å². The predicted octanol–water partition coefficient (Wildman–Crippen LogP) is 3.76. The highest BCUT2D eigenvalue weighted by molar-refractivity contribution is 5.94. The van der Waals surface area contributed by atoms with Gasteiger partial charge < -0.3 is 14.2 Å². The Morgan fingerprint density at radius 3 is 2.60 bits per heavy atom. The molecule has 5 heteroatoms. The summed E-state index contributed by atoms with van der Waals surface area (Å²) < 4.78 is 16.6. The Hall–Kier alpha value is -3.34. The maximum atomic E-state index is 12.8. The minimum absolute atomic E-state index is 0.102. The lowest BCUT2D eigenvalue weighted by Gasteiger charge is -2.19. The molecule has 0 radical (unpaired) electrons. The van der Waals surface area contributed by atoms with E-state index >= 15 is 0 Å². The van der Waals surface area contributed by atoms with Crippen molar-refractivity contribution < 1.29 is 19.0 Å². The van der Waals surface area contributed by atoms with Crippen molar-refractivity contribution in [1.82, 2.24) is 4.98 Å². The number of aromatic nitrogens is 1. The topological polar surface area (TPSA) is 57.7 Å². The molecule has 0 aliphatic carbocycles. The monoisotopic (exact) mass is 333 g/mol. The van der Waals surface area contributed by atoms with Crippen molar-refractivity contribution in [3.63, 3.8) is 0 Å². The van der Waals surface area contributed by atoms with E-state index in [0.717, 1.165) is 11.1 Å². The smallest absolute Gasteiger partial charge is 0.343 e. The van der Waals surface area contributed by atoms with E-state index in [0.29, 0.717) is 17.1 Å². The van der Waals surface area contributed by atoms with Crippen molar-refractivity contribution in [3.8, 4) is 11.5 Å². The Balaban J connectivity index is 1.68. The summed E-state index contributed by atoms with van der Waals surface area (Å²) in [5, 5.41) is 0. The predicted molar refractivity (Wildman–Crippen MR) is 90.5 cm³/mol. The minimum atomic E-state index is -0.555. The number of carbonyl (C=O) groups excluding carboxylic acids is 1. The van der Waals surface area contributed by atoms with Crippen LogP contribution in [0.2, 0.25) is 0 Å². The maximum Gasteiger partial charge on any atom is 0.343 e. The summed E-state index contributed by atoms with van der Waals surface area (Å²) in [5.41, 5.74) is 2.01.